The van der Waals surface area contributed by atoms with Gasteiger partial charge in [-0.1, -0.05) is 6.58 Å². The first-order valence-electron chi connectivity index (χ1n) is 12.0. The molecule has 0 bridgehead atoms. The third-order valence-corrected chi connectivity index (χ3v) is 6.84. The molecule has 0 spiro atoms. The van der Waals surface area contributed by atoms with Crippen molar-refractivity contribution in [3.63, 3.8) is 0 Å². The second kappa shape index (κ2) is 9.94. The van der Waals surface area contributed by atoms with Gasteiger partial charge < -0.3 is 24.8 Å². The monoisotopic (exact) mass is 490 g/mol. The molecule has 1 unspecified atom stereocenters. The number of nitrogens with zero attached hydrogens (tertiary/aromatic N) is 7. The highest BCUT2D eigenvalue weighted by atomic mass is 16.5. The van der Waals surface area contributed by atoms with Crippen LogP contribution in [0.2, 0.25) is 0 Å². The molecule has 3 aromatic rings. The van der Waals surface area contributed by atoms with Crippen LogP contribution < -0.4 is 20.5 Å². The van der Waals surface area contributed by atoms with Gasteiger partial charge in [0.25, 0.3) is 5.56 Å². The zero-order chi connectivity index (χ0) is 25.2. The van der Waals surface area contributed by atoms with Gasteiger partial charge in [0.2, 0.25) is 11.9 Å². The number of fused-ring (bicyclic) bond motifs is 1. The Morgan fingerprint density at radius 1 is 1.17 bits per heavy atom. The van der Waals surface area contributed by atoms with Crippen LogP contribution in [-0.4, -0.2) is 88.7 Å². The fraction of sp³-hybridized carbons (Fsp3) is 0.400. The van der Waals surface area contributed by atoms with Crippen LogP contribution in [0.3, 0.4) is 0 Å². The van der Waals surface area contributed by atoms with Crippen LogP contribution in [0.1, 0.15) is 12.5 Å². The van der Waals surface area contributed by atoms with Crippen LogP contribution in [0.5, 0.6) is 5.75 Å². The van der Waals surface area contributed by atoms with Crippen molar-refractivity contribution in [2.45, 2.75) is 12.5 Å². The van der Waals surface area contributed by atoms with Gasteiger partial charge in [0.05, 0.1) is 31.2 Å². The van der Waals surface area contributed by atoms with E-state index in [0.717, 1.165) is 37.6 Å². The molecular weight excluding hydrogens is 460 g/mol. The van der Waals surface area contributed by atoms with Gasteiger partial charge in [0.1, 0.15) is 11.3 Å². The highest BCUT2D eigenvalue weighted by Crippen LogP contribution is 2.32. The lowest BCUT2D eigenvalue weighted by Crippen LogP contribution is -2.44. The number of carbonyl (C=O) groups excluding carboxylic acids is 1. The number of hydrogen-bond donors (Lipinski definition) is 1. The van der Waals surface area contributed by atoms with Crippen molar-refractivity contribution < 1.29 is 9.53 Å². The number of hydrogen-bond acceptors (Lipinski definition) is 9. The molecule has 2 fully saturated rings. The first-order chi connectivity index (χ1) is 17.5. The summed E-state index contributed by atoms with van der Waals surface area (Å²) >= 11 is 0. The van der Waals surface area contributed by atoms with Crippen molar-refractivity contribution in [1.82, 2.24) is 29.3 Å². The number of likely N-dealkylation sites (tertiary alicyclic amines) is 1. The fourth-order valence-corrected chi connectivity index (χ4v) is 4.79. The van der Waals surface area contributed by atoms with Crippen molar-refractivity contribution in [2.75, 3.05) is 63.6 Å². The summed E-state index contributed by atoms with van der Waals surface area (Å²) in [5.41, 5.74) is 2.48. The molecule has 0 radical (unpaired) electrons. The second-order valence-electron chi connectivity index (χ2n) is 9.10. The molecule has 36 heavy (non-hydrogen) atoms. The lowest BCUT2D eigenvalue weighted by molar-refractivity contribution is -0.125. The maximum Gasteiger partial charge on any atom is 0.270 e. The zero-order valence-corrected chi connectivity index (χ0v) is 20.6. The van der Waals surface area contributed by atoms with E-state index in [-0.39, 0.29) is 17.5 Å². The van der Waals surface area contributed by atoms with E-state index < -0.39 is 0 Å². The van der Waals surface area contributed by atoms with E-state index in [2.05, 4.69) is 49.8 Å². The minimum atomic E-state index is -0.265. The Morgan fingerprint density at radius 3 is 2.72 bits per heavy atom. The van der Waals surface area contributed by atoms with Crippen LogP contribution in [0.25, 0.3) is 11.2 Å². The van der Waals surface area contributed by atoms with E-state index in [1.807, 2.05) is 12.1 Å². The van der Waals surface area contributed by atoms with Crippen LogP contribution in [0, 0.1) is 0 Å². The maximum atomic E-state index is 12.8. The third kappa shape index (κ3) is 4.61. The predicted molar refractivity (Wildman–Crippen MR) is 138 cm³/mol. The van der Waals surface area contributed by atoms with Crippen molar-refractivity contribution in [2.24, 2.45) is 0 Å². The summed E-state index contributed by atoms with van der Waals surface area (Å²) in [6.45, 7) is 8.48. The van der Waals surface area contributed by atoms with Crippen molar-refractivity contribution in [3.8, 4) is 5.75 Å². The molecule has 2 aliphatic heterocycles. The number of carbonyl (C=O) groups is 1. The first-order valence-corrected chi connectivity index (χ1v) is 12.0. The minimum absolute atomic E-state index is 0.145. The Kier molecular flexibility index (Phi) is 6.55. The van der Waals surface area contributed by atoms with Crippen molar-refractivity contribution in [3.05, 3.63) is 53.6 Å². The van der Waals surface area contributed by atoms with Gasteiger partial charge in [-0.15, -0.1) is 0 Å². The van der Waals surface area contributed by atoms with Crippen LogP contribution >= 0.6 is 0 Å². The molecule has 2 aliphatic rings. The standard InChI is InChI=1S/C25H30N8O3/c1-4-22(34)32-8-7-18(16-32)33-23(35)15-26-20-14-27-25(29-24(20)33)28-19-6-5-17(13-21(19)36-3)31-11-9-30(2)10-12-31/h4-6,13-15,18H,1,7-12,16H2,2-3H3,(H,27,28,29). The average Bonchev–Trinajstić information content (AvgIpc) is 3.38. The Balaban J connectivity index is 1.43. The van der Waals surface area contributed by atoms with E-state index in [4.69, 9.17) is 4.74 Å². The maximum absolute atomic E-state index is 12.8. The largest absolute Gasteiger partial charge is 0.494 e. The summed E-state index contributed by atoms with van der Waals surface area (Å²) in [5, 5.41) is 3.23. The summed E-state index contributed by atoms with van der Waals surface area (Å²) in [6.07, 6.45) is 4.81. The van der Waals surface area contributed by atoms with Crippen LogP contribution in [-0.2, 0) is 4.79 Å². The molecular formula is C25H30N8O3. The van der Waals surface area contributed by atoms with Gasteiger partial charge in [-0.05, 0) is 31.7 Å². The summed E-state index contributed by atoms with van der Waals surface area (Å²) in [6, 6.07) is 5.81. The number of nitrogens with one attached hydrogen (secondary N) is 1. The molecule has 2 aromatic heterocycles. The summed E-state index contributed by atoms with van der Waals surface area (Å²) in [7, 11) is 3.76. The van der Waals surface area contributed by atoms with Crippen LogP contribution in [0.4, 0.5) is 17.3 Å². The topological polar surface area (TPSA) is 109 Å². The number of methoxy groups -OCH3 is 1. The molecule has 188 valence electrons. The Labute approximate surface area is 209 Å². The number of aromatic nitrogens is 4. The highest BCUT2D eigenvalue weighted by molar-refractivity contribution is 5.87. The predicted octanol–water partition coefficient (Wildman–Crippen LogP) is 1.65. The van der Waals surface area contributed by atoms with Gasteiger partial charge in [-0.3, -0.25) is 14.2 Å². The lowest BCUT2D eigenvalue weighted by atomic mass is 10.2. The van der Waals surface area contributed by atoms with Gasteiger partial charge in [0.15, 0.2) is 5.65 Å². The number of piperazine rings is 1. The lowest BCUT2D eigenvalue weighted by Gasteiger charge is -2.34. The molecule has 0 aliphatic carbocycles. The highest BCUT2D eigenvalue weighted by Gasteiger charge is 2.28. The molecule has 1 atom stereocenters. The van der Waals surface area contributed by atoms with E-state index in [9.17, 15) is 9.59 Å². The van der Waals surface area contributed by atoms with E-state index in [1.54, 1.807) is 22.8 Å². The Morgan fingerprint density at radius 2 is 1.97 bits per heavy atom. The molecule has 11 heteroatoms. The van der Waals surface area contributed by atoms with Crippen LogP contribution in [0.15, 0.2) is 48.0 Å². The summed E-state index contributed by atoms with van der Waals surface area (Å²) in [5.74, 6) is 0.854. The molecule has 4 heterocycles. The van der Waals surface area contributed by atoms with Gasteiger partial charge >= 0.3 is 0 Å². The molecule has 1 N–H and O–H groups in total. The van der Waals surface area contributed by atoms with Gasteiger partial charge in [-0.2, -0.15) is 4.98 Å². The number of likely N-dealkylation sites (N-methyl/N-ethyl adjacent to an activating group) is 1. The summed E-state index contributed by atoms with van der Waals surface area (Å²) < 4.78 is 7.27. The van der Waals surface area contributed by atoms with E-state index in [1.165, 1.54) is 12.3 Å². The average molecular weight is 491 g/mol. The van der Waals surface area contributed by atoms with E-state index >= 15 is 0 Å². The Hall–Kier alpha value is -3.99. The third-order valence-electron chi connectivity index (χ3n) is 6.84. The first kappa shape index (κ1) is 23.7. The zero-order valence-electron chi connectivity index (χ0n) is 20.6. The number of amides is 1. The second-order valence-corrected chi connectivity index (χ2v) is 9.10. The smallest absolute Gasteiger partial charge is 0.270 e. The summed E-state index contributed by atoms with van der Waals surface area (Å²) in [4.78, 5) is 44.5. The molecule has 2 saturated heterocycles. The normalized spacial score (nSPS) is 18.4. The minimum Gasteiger partial charge on any atom is -0.494 e. The van der Waals surface area contributed by atoms with Gasteiger partial charge in [0, 0.05) is 51.0 Å². The Bertz CT molecular complexity index is 1350. The van der Waals surface area contributed by atoms with Crippen molar-refractivity contribution in [1.29, 1.82) is 0 Å². The number of benzene rings is 1. The fourth-order valence-electron chi connectivity index (χ4n) is 4.79. The SMILES string of the molecule is C=CC(=O)N1CCC(n2c(=O)cnc3cnc(Nc4ccc(N5CCN(C)CC5)cc4OC)nc32)C1. The van der Waals surface area contributed by atoms with Crippen molar-refractivity contribution >= 4 is 34.4 Å². The molecule has 0 saturated carbocycles. The van der Waals surface area contributed by atoms with E-state index in [0.29, 0.717) is 42.4 Å². The molecule has 5 rings (SSSR count). The number of rotatable bonds is 6. The number of anilines is 3. The molecule has 1 amide bonds. The number of ether oxygens (including phenoxy) is 1. The molecule has 11 nitrogen and oxygen atoms in total. The quantitative estimate of drug-likeness (QED) is 0.516. The molecule has 1 aromatic carbocycles. The van der Waals surface area contributed by atoms with Gasteiger partial charge in [-0.25, -0.2) is 9.97 Å².